The minimum Gasteiger partial charge on any atom is -0.385 e. The van der Waals surface area contributed by atoms with E-state index in [2.05, 4.69) is 20.2 Å². The largest absolute Gasteiger partial charge is 0.385 e. The molecular formula is C12H27N5O. The van der Waals surface area contributed by atoms with Crippen molar-refractivity contribution in [2.45, 2.75) is 19.3 Å². The number of aliphatic imine (C=N–C) groups is 1. The molecule has 0 bridgehead atoms. The highest BCUT2D eigenvalue weighted by Crippen LogP contribution is 2.06. The lowest BCUT2D eigenvalue weighted by atomic mass is 10.4. The number of guanidine groups is 1. The maximum Gasteiger partial charge on any atom is 0.208 e. The molecule has 0 spiro atoms. The van der Waals surface area contributed by atoms with Crippen LogP contribution in [0.3, 0.4) is 0 Å². The Morgan fingerprint density at radius 2 is 2.17 bits per heavy atom. The summed E-state index contributed by atoms with van der Waals surface area (Å²) >= 11 is 0. The van der Waals surface area contributed by atoms with Gasteiger partial charge in [0.2, 0.25) is 5.96 Å². The van der Waals surface area contributed by atoms with Crippen molar-refractivity contribution in [1.82, 2.24) is 15.2 Å². The van der Waals surface area contributed by atoms with Crippen molar-refractivity contribution >= 4 is 5.96 Å². The number of methoxy groups -OCH3 is 1. The molecule has 18 heavy (non-hydrogen) atoms. The van der Waals surface area contributed by atoms with Crippen LogP contribution in [0.1, 0.15) is 19.3 Å². The molecule has 6 nitrogen and oxygen atoms in total. The third-order valence-corrected chi connectivity index (χ3v) is 3.21. The first-order chi connectivity index (χ1) is 8.77. The summed E-state index contributed by atoms with van der Waals surface area (Å²) in [6, 6.07) is 0. The number of rotatable bonds is 7. The fraction of sp³-hybridized carbons (Fsp3) is 0.917. The van der Waals surface area contributed by atoms with Gasteiger partial charge in [0, 0.05) is 40.4 Å². The predicted molar refractivity (Wildman–Crippen MR) is 74.4 cm³/mol. The standard InChI is InChI=1S/C12H27N5O/c1-16(9-10-17-7-3-4-8-17)12(15-13)14-6-5-11-18-2/h3-11,13H2,1-2H3,(H,14,15). The van der Waals surface area contributed by atoms with Crippen LogP contribution in [-0.2, 0) is 4.74 Å². The summed E-state index contributed by atoms with van der Waals surface area (Å²) in [5.74, 6) is 6.26. The molecule has 0 aromatic heterocycles. The zero-order valence-corrected chi connectivity index (χ0v) is 11.7. The van der Waals surface area contributed by atoms with Crippen molar-refractivity contribution in [2.75, 3.05) is 53.5 Å². The van der Waals surface area contributed by atoms with E-state index in [1.807, 2.05) is 7.05 Å². The highest BCUT2D eigenvalue weighted by molar-refractivity contribution is 5.79. The van der Waals surface area contributed by atoms with Crippen LogP contribution in [0.25, 0.3) is 0 Å². The molecule has 1 aliphatic heterocycles. The third-order valence-electron chi connectivity index (χ3n) is 3.21. The summed E-state index contributed by atoms with van der Waals surface area (Å²) in [6.45, 7) is 5.96. The molecule has 3 N–H and O–H groups in total. The minimum absolute atomic E-state index is 0.735. The first kappa shape index (κ1) is 15.2. The summed E-state index contributed by atoms with van der Waals surface area (Å²) in [4.78, 5) is 8.99. The van der Waals surface area contributed by atoms with E-state index in [0.717, 1.165) is 38.6 Å². The summed E-state index contributed by atoms with van der Waals surface area (Å²) in [6.07, 6.45) is 3.58. The highest BCUT2D eigenvalue weighted by Gasteiger charge is 2.12. The Bertz CT molecular complexity index is 241. The van der Waals surface area contributed by atoms with E-state index in [1.165, 1.54) is 25.9 Å². The monoisotopic (exact) mass is 257 g/mol. The number of nitrogens with one attached hydrogen (secondary N) is 1. The van der Waals surface area contributed by atoms with E-state index in [-0.39, 0.29) is 0 Å². The topological polar surface area (TPSA) is 66.1 Å². The van der Waals surface area contributed by atoms with Gasteiger partial charge in [0.25, 0.3) is 0 Å². The van der Waals surface area contributed by atoms with Crippen LogP contribution in [0.5, 0.6) is 0 Å². The number of hydrazine groups is 1. The lowest BCUT2D eigenvalue weighted by Gasteiger charge is -2.23. The Hall–Kier alpha value is -0.850. The Kier molecular flexibility index (Phi) is 7.71. The number of hydrogen-bond donors (Lipinski definition) is 2. The SMILES string of the molecule is COCCCN=C(NN)N(C)CCN1CCCC1. The molecule has 0 aromatic carbocycles. The maximum absolute atomic E-state index is 5.50. The predicted octanol–water partition coefficient (Wildman–Crippen LogP) is -0.130. The third kappa shape index (κ3) is 5.66. The normalized spacial score (nSPS) is 17.2. The Balaban J connectivity index is 2.24. The Morgan fingerprint density at radius 1 is 1.44 bits per heavy atom. The number of nitrogens with two attached hydrogens (primary N) is 1. The first-order valence-electron chi connectivity index (χ1n) is 6.71. The van der Waals surface area contributed by atoms with Gasteiger partial charge in [-0.1, -0.05) is 0 Å². The molecule has 6 heteroatoms. The van der Waals surface area contributed by atoms with Crippen LogP contribution < -0.4 is 11.3 Å². The average Bonchev–Trinajstić information content (AvgIpc) is 2.89. The fourth-order valence-electron chi connectivity index (χ4n) is 2.07. The summed E-state index contributed by atoms with van der Waals surface area (Å²) in [5, 5.41) is 0. The molecule has 0 radical (unpaired) electrons. The summed E-state index contributed by atoms with van der Waals surface area (Å²) < 4.78 is 4.99. The molecule has 0 aliphatic carbocycles. The van der Waals surface area contributed by atoms with Crippen LogP contribution in [0.2, 0.25) is 0 Å². The maximum atomic E-state index is 5.50. The van der Waals surface area contributed by atoms with Crippen LogP contribution in [0.4, 0.5) is 0 Å². The first-order valence-corrected chi connectivity index (χ1v) is 6.71. The Labute approximate surface area is 110 Å². The van der Waals surface area contributed by atoms with Crippen LogP contribution in [-0.4, -0.2) is 69.2 Å². The summed E-state index contributed by atoms with van der Waals surface area (Å²) in [7, 11) is 3.72. The highest BCUT2D eigenvalue weighted by atomic mass is 16.5. The quantitative estimate of drug-likeness (QED) is 0.219. The molecule has 0 atom stereocenters. The van der Waals surface area contributed by atoms with Gasteiger partial charge in [0.05, 0.1) is 0 Å². The van der Waals surface area contributed by atoms with Crippen molar-refractivity contribution < 1.29 is 4.74 Å². The lowest BCUT2D eigenvalue weighted by Crippen LogP contribution is -2.45. The number of likely N-dealkylation sites (tertiary alicyclic amines) is 1. The van der Waals surface area contributed by atoms with Crippen LogP contribution in [0.15, 0.2) is 4.99 Å². The van der Waals surface area contributed by atoms with Crippen LogP contribution in [0, 0.1) is 0 Å². The van der Waals surface area contributed by atoms with Crippen molar-refractivity contribution in [2.24, 2.45) is 10.8 Å². The number of ether oxygens (including phenoxy) is 1. The molecule has 0 saturated carbocycles. The van der Waals surface area contributed by atoms with E-state index in [9.17, 15) is 0 Å². The van der Waals surface area contributed by atoms with E-state index >= 15 is 0 Å². The number of nitrogens with zero attached hydrogens (tertiary/aromatic N) is 3. The van der Waals surface area contributed by atoms with Crippen molar-refractivity contribution in [3.8, 4) is 0 Å². The molecule has 1 fully saturated rings. The van der Waals surface area contributed by atoms with Gasteiger partial charge in [-0.15, -0.1) is 0 Å². The van der Waals surface area contributed by atoms with E-state index in [0.29, 0.717) is 0 Å². The van der Waals surface area contributed by atoms with Gasteiger partial charge in [-0.05, 0) is 32.4 Å². The second-order valence-corrected chi connectivity index (χ2v) is 4.67. The molecule has 1 rings (SSSR count). The minimum atomic E-state index is 0.735. The van der Waals surface area contributed by atoms with Gasteiger partial charge < -0.3 is 14.5 Å². The molecule has 0 aromatic rings. The van der Waals surface area contributed by atoms with Gasteiger partial charge in [0.15, 0.2) is 0 Å². The van der Waals surface area contributed by atoms with Crippen LogP contribution >= 0.6 is 0 Å². The van der Waals surface area contributed by atoms with Gasteiger partial charge >= 0.3 is 0 Å². The molecule has 106 valence electrons. The average molecular weight is 257 g/mol. The number of hydrogen-bond acceptors (Lipinski definition) is 4. The molecule has 0 amide bonds. The van der Waals surface area contributed by atoms with Gasteiger partial charge in [-0.25, -0.2) is 5.84 Å². The van der Waals surface area contributed by atoms with Crippen molar-refractivity contribution in [3.05, 3.63) is 0 Å². The van der Waals surface area contributed by atoms with E-state index < -0.39 is 0 Å². The summed E-state index contributed by atoms with van der Waals surface area (Å²) in [5.41, 5.74) is 2.67. The zero-order valence-electron chi connectivity index (χ0n) is 11.7. The van der Waals surface area contributed by atoms with Gasteiger partial charge in [0.1, 0.15) is 0 Å². The van der Waals surface area contributed by atoms with Gasteiger partial charge in [-0.2, -0.15) is 0 Å². The van der Waals surface area contributed by atoms with Crippen molar-refractivity contribution in [1.29, 1.82) is 0 Å². The molecule has 1 saturated heterocycles. The Morgan fingerprint density at radius 3 is 2.78 bits per heavy atom. The lowest BCUT2D eigenvalue weighted by molar-refractivity contribution is 0.197. The van der Waals surface area contributed by atoms with Crippen molar-refractivity contribution in [3.63, 3.8) is 0 Å². The van der Waals surface area contributed by atoms with Gasteiger partial charge in [-0.3, -0.25) is 10.4 Å². The smallest absolute Gasteiger partial charge is 0.208 e. The van der Waals surface area contributed by atoms with E-state index in [4.69, 9.17) is 10.6 Å². The zero-order chi connectivity index (χ0) is 13.2. The second kappa shape index (κ2) is 9.13. The molecule has 1 heterocycles. The molecule has 1 aliphatic rings. The van der Waals surface area contributed by atoms with E-state index in [1.54, 1.807) is 7.11 Å². The molecule has 0 unspecified atom stereocenters. The molecular weight excluding hydrogens is 230 g/mol. The fourth-order valence-corrected chi connectivity index (χ4v) is 2.07. The number of likely N-dealkylation sites (N-methyl/N-ethyl adjacent to an activating group) is 1. The second-order valence-electron chi connectivity index (χ2n) is 4.67.